The van der Waals surface area contributed by atoms with E-state index in [1.807, 2.05) is 19.9 Å². The smallest absolute Gasteiger partial charge is 0.104 e. The number of hydrogen-bond donors (Lipinski definition) is 1. The molecule has 0 atom stereocenters. The van der Waals surface area contributed by atoms with E-state index >= 15 is 0 Å². The van der Waals surface area contributed by atoms with Gasteiger partial charge in [-0.3, -0.25) is 0 Å². The summed E-state index contributed by atoms with van der Waals surface area (Å²) in [6.45, 7) is 4.62. The van der Waals surface area contributed by atoms with E-state index in [2.05, 4.69) is 0 Å². The lowest BCUT2D eigenvalue weighted by molar-refractivity contribution is 0.501. The predicted octanol–water partition coefficient (Wildman–Crippen LogP) is 1.40. The fourth-order valence-corrected chi connectivity index (χ4v) is 1.09. The van der Waals surface area contributed by atoms with Gasteiger partial charge in [-0.05, 0) is 38.4 Å². The molecular weight excluding hydrogens is 126 g/mol. The van der Waals surface area contributed by atoms with E-state index in [4.69, 9.17) is 10.2 Å². The summed E-state index contributed by atoms with van der Waals surface area (Å²) in [7, 11) is 0. The summed E-state index contributed by atoms with van der Waals surface area (Å²) in [5.74, 6) is 1.98. The van der Waals surface area contributed by atoms with Gasteiger partial charge in [0.05, 0.1) is 0 Å². The Balaban J connectivity index is 2.81. The van der Waals surface area contributed by atoms with Crippen molar-refractivity contribution in [2.24, 2.45) is 5.73 Å². The summed E-state index contributed by atoms with van der Waals surface area (Å²) in [5.41, 5.74) is 6.63. The minimum Gasteiger partial charge on any atom is -0.466 e. The lowest BCUT2D eigenvalue weighted by Gasteiger charge is -1.91. The van der Waals surface area contributed by atoms with Crippen molar-refractivity contribution in [2.45, 2.75) is 20.3 Å². The predicted molar refractivity (Wildman–Crippen MR) is 40.9 cm³/mol. The van der Waals surface area contributed by atoms with Crippen LogP contribution in [0.25, 0.3) is 0 Å². The molecule has 0 saturated heterocycles. The van der Waals surface area contributed by atoms with Crippen molar-refractivity contribution in [3.8, 4) is 0 Å². The zero-order valence-corrected chi connectivity index (χ0v) is 6.48. The molecule has 0 aliphatic heterocycles. The topological polar surface area (TPSA) is 39.2 Å². The molecule has 1 heterocycles. The fraction of sp³-hybridized carbons (Fsp3) is 0.500. The first-order valence-electron chi connectivity index (χ1n) is 3.50. The molecule has 0 bridgehead atoms. The van der Waals surface area contributed by atoms with E-state index in [1.54, 1.807) is 0 Å². The molecule has 1 aromatic heterocycles. The lowest BCUT2D eigenvalue weighted by atomic mass is 10.2. The minimum absolute atomic E-state index is 0.694. The zero-order valence-electron chi connectivity index (χ0n) is 6.48. The molecule has 1 aromatic rings. The SMILES string of the molecule is Cc1cc(CCN)c(C)o1. The van der Waals surface area contributed by atoms with Crippen LogP contribution in [0.4, 0.5) is 0 Å². The molecule has 10 heavy (non-hydrogen) atoms. The lowest BCUT2D eigenvalue weighted by Crippen LogP contribution is -2.02. The second kappa shape index (κ2) is 2.88. The van der Waals surface area contributed by atoms with Crippen LogP contribution in [0.1, 0.15) is 17.1 Å². The molecule has 56 valence electrons. The molecule has 0 unspecified atom stereocenters. The standard InChI is InChI=1S/C8H13NO/c1-6-5-8(3-4-9)7(2)10-6/h5H,3-4,9H2,1-2H3. The average Bonchev–Trinajstić information content (AvgIpc) is 2.13. The summed E-state index contributed by atoms with van der Waals surface area (Å²) in [6, 6.07) is 2.04. The number of nitrogens with two attached hydrogens (primary N) is 1. The van der Waals surface area contributed by atoms with Crippen molar-refractivity contribution in [3.63, 3.8) is 0 Å². The second-order valence-corrected chi connectivity index (χ2v) is 2.48. The minimum atomic E-state index is 0.694. The van der Waals surface area contributed by atoms with Crippen molar-refractivity contribution in [3.05, 3.63) is 23.2 Å². The number of furan rings is 1. The fourth-order valence-electron chi connectivity index (χ4n) is 1.09. The van der Waals surface area contributed by atoms with Gasteiger partial charge >= 0.3 is 0 Å². The van der Waals surface area contributed by atoms with Gasteiger partial charge < -0.3 is 10.2 Å². The Hall–Kier alpha value is -0.760. The molecule has 0 spiro atoms. The summed E-state index contributed by atoms with van der Waals surface area (Å²) in [5, 5.41) is 0. The second-order valence-electron chi connectivity index (χ2n) is 2.48. The van der Waals surface area contributed by atoms with E-state index in [0.29, 0.717) is 6.54 Å². The van der Waals surface area contributed by atoms with Crippen LogP contribution in [0.3, 0.4) is 0 Å². The van der Waals surface area contributed by atoms with Crippen LogP contribution in [-0.2, 0) is 6.42 Å². The van der Waals surface area contributed by atoms with Gasteiger partial charge in [-0.25, -0.2) is 0 Å². The van der Waals surface area contributed by atoms with Gasteiger partial charge in [0.25, 0.3) is 0 Å². The first-order valence-corrected chi connectivity index (χ1v) is 3.50. The van der Waals surface area contributed by atoms with Gasteiger partial charge in [-0.2, -0.15) is 0 Å². The third-order valence-electron chi connectivity index (χ3n) is 1.56. The number of rotatable bonds is 2. The zero-order chi connectivity index (χ0) is 7.56. The molecule has 0 aromatic carbocycles. The number of hydrogen-bond acceptors (Lipinski definition) is 2. The first-order chi connectivity index (χ1) is 4.74. The van der Waals surface area contributed by atoms with Gasteiger partial charge in [0.15, 0.2) is 0 Å². The van der Waals surface area contributed by atoms with Crippen LogP contribution in [0, 0.1) is 13.8 Å². The molecule has 0 aliphatic rings. The van der Waals surface area contributed by atoms with Crippen LogP contribution >= 0.6 is 0 Å². The highest BCUT2D eigenvalue weighted by Gasteiger charge is 2.01. The molecule has 2 N–H and O–H groups in total. The normalized spacial score (nSPS) is 10.3. The third-order valence-corrected chi connectivity index (χ3v) is 1.56. The van der Waals surface area contributed by atoms with E-state index < -0.39 is 0 Å². The Bertz CT molecular complexity index is 215. The van der Waals surface area contributed by atoms with Gasteiger partial charge in [0.1, 0.15) is 11.5 Å². The molecule has 2 heteroatoms. The van der Waals surface area contributed by atoms with Crippen molar-refractivity contribution < 1.29 is 4.42 Å². The Morgan fingerprint density at radius 2 is 2.20 bits per heavy atom. The summed E-state index contributed by atoms with van der Waals surface area (Å²) >= 11 is 0. The Kier molecular flexibility index (Phi) is 2.12. The Morgan fingerprint density at radius 3 is 2.60 bits per heavy atom. The van der Waals surface area contributed by atoms with Crippen molar-refractivity contribution in [1.29, 1.82) is 0 Å². The molecule has 0 fully saturated rings. The molecule has 2 nitrogen and oxygen atoms in total. The summed E-state index contributed by atoms with van der Waals surface area (Å²) in [6.07, 6.45) is 0.920. The van der Waals surface area contributed by atoms with E-state index in [-0.39, 0.29) is 0 Å². The van der Waals surface area contributed by atoms with Crippen molar-refractivity contribution >= 4 is 0 Å². The quantitative estimate of drug-likeness (QED) is 0.672. The van der Waals surface area contributed by atoms with Crippen molar-refractivity contribution in [1.82, 2.24) is 0 Å². The van der Waals surface area contributed by atoms with Crippen LogP contribution in [0.5, 0.6) is 0 Å². The van der Waals surface area contributed by atoms with Gasteiger partial charge in [0.2, 0.25) is 0 Å². The monoisotopic (exact) mass is 139 g/mol. The van der Waals surface area contributed by atoms with Crippen LogP contribution in [0.15, 0.2) is 10.5 Å². The van der Waals surface area contributed by atoms with Crippen LogP contribution in [0.2, 0.25) is 0 Å². The van der Waals surface area contributed by atoms with E-state index in [0.717, 1.165) is 17.9 Å². The largest absolute Gasteiger partial charge is 0.466 e. The van der Waals surface area contributed by atoms with Gasteiger partial charge in [-0.15, -0.1) is 0 Å². The Morgan fingerprint density at radius 1 is 1.50 bits per heavy atom. The summed E-state index contributed by atoms with van der Waals surface area (Å²) in [4.78, 5) is 0. The first kappa shape index (κ1) is 7.35. The maximum absolute atomic E-state index is 5.40. The Labute approximate surface area is 61.0 Å². The molecule has 0 saturated carbocycles. The molecule has 0 radical (unpaired) electrons. The van der Waals surface area contributed by atoms with Crippen molar-refractivity contribution in [2.75, 3.05) is 6.54 Å². The third kappa shape index (κ3) is 1.39. The highest BCUT2D eigenvalue weighted by Crippen LogP contribution is 2.13. The molecular formula is C8H13NO. The average molecular weight is 139 g/mol. The highest BCUT2D eigenvalue weighted by molar-refractivity contribution is 5.20. The van der Waals surface area contributed by atoms with Gasteiger partial charge in [-0.1, -0.05) is 0 Å². The number of aryl methyl sites for hydroxylation is 2. The van der Waals surface area contributed by atoms with E-state index in [9.17, 15) is 0 Å². The molecule has 0 amide bonds. The van der Waals surface area contributed by atoms with E-state index in [1.165, 1.54) is 5.56 Å². The van der Waals surface area contributed by atoms with Gasteiger partial charge in [0, 0.05) is 0 Å². The molecule has 0 aliphatic carbocycles. The highest BCUT2D eigenvalue weighted by atomic mass is 16.3. The van der Waals surface area contributed by atoms with Crippen LogP contribution in [-0.4, -0.2) is 6.54 Å². The van der Waals surface area contributed by atoms with Crippen LogP contribution < -0.4 is 5.73 Å². The summed E-state index contributed by atoms with van der Waals surface area (Å²) < 4.78 is 5.31. The maximum Gasteiger partial charge on any atom is 0.104 e. The molecule has 1 rings (SSSR count). The maximum atomic E-state index is 5.40.